The zero-order chi connectivity index (χ0) is 14.1. The van der Waals surface area contributed by atoms with Crippen LogP contribution in [0, 0.1) is 11.7 Å². The maximum Gasteiger partial charge on any atom is 0.220 e. The molecule has 2 heterocycles. The first-order valence-electron chi connectivity index (χ1n) is 7.17. The van der Waals surface area contributed by atoms with Gasteiger partial charge in [0.05, 0.1) is 0 Å². The van der Waals surface area contributed by atoms with Gasteiger partial charge in [-0.05, 0) is 30.9 Å². The normalized spacial score (nSPS) is 26.9. The molecule has 2 aliphatic rings. The van der Waals surface area contributed by atoms with Crippen molar-refractivity contribution in [2.75, 3.05) is 18.8 Å². The zero-order valence-corrected chi connectivity index (χ0v) is 11.4. The number of nitrogen functional groups attached to an aromatic ring is 1. The molecule has 2 saturated heterocycles. The lowest BCUT2D eigenvalue weighted by atomic mass is 9.85. The van der Waals surface area contributed by atoms with Gasteiger partial charge in [0.15, 0.2) is 0 Å². The number of benzene rings is 1. The summed E-state index contributed by atoms with van der Waals surface area (Å²) in [6.45, 7) is 2.43. The van der Waals surface area contributed by atoms with E-state index in [9.17, 15) is 9.18 Å². The van der Waals surface area contributed by atoms with Crippen molar-refractivity contribution in [3.63, 3.8) is 0 Å². The van der Waals surface area contributed by atoms with Gasteiger partial charge in [0.25, 0.3) is 0 Å². The molecule has 1 aromatic carbocycles. The molecule has 2 fully saturated rings. The number of amides is 1. The highest BCUT2D eigenvalue weighted by Gasteiger charge is 2.33. The molecule has 5 heteroatoms. The zero-order valence-electron chi connectivity index (χ0n) is 11.4. The van der Waals surface area contributed by atoms with Crippen LogP contribution in [-0.2, 0) is 11.3 Å². The monoisotopic (exact) mass is 277 g/mol. The number of nitrogens with two attached hydrogens (primary N) is 1. The Hall–Kier alpha value is -1.62. The van der Waals surface area contributed by atoms with Crippen LogP contribution in [-0.4, -0.2) is 29.9 Å². The minimum absolute atomic E-state index is 0.171. The number of carbonyl (C=O) groups excluding carboxylic acids is 1. The second-order valence-corrected chi connectivity index (χ2v) is 5.85. The van der Waals surface area contributed by atoms with Crippen molar-refractivity contribution < 1.29 is 9.18 Å². The first-order chi connectivity index (χ1) is 9.61. The standard InChI is InChI=1S/C15H20FN3O/c16-13-7-12(17)3-1-10(13)8-19-6-5-14-11(9-19)2-4-15(20)18-14/h1,3,7,11,14H,2,4-6,8-9,17H2,(H,18,20). The number of nitrogens with one attached hydrogen (secondary N) is 1. The van der Waals surface area contributed by atoms with Gasteiger partial charge in [-0.25, -0.2) is 4.39 Å². The van der Waals surface area contributed by atoms with E-state index in [2.05, 4.69) is 10.2 Å². The number of nitrogens with zero attached hydrogens (tertiary/aromatic N) is 1. The summed E-state index contributed by atoms with van der Waals surface area (Å²) in [4.78, 5) is 13.7. The molecule has 4 nitrogen and oxygen atoms in total. The first kappa shape index (κ1) is 13.4. The maximum atomic E-state index is 13.8. The van der Waals surface area contributed by atoms with Crippen LogP contribution in [0.5, 0.6) is 0 Å². The predicted octanol–water partition coefficient (Wildman–Crippen LogP) is 1.51. The Morgan fingerprint density at radius 3 is 3.05 bits per heavy atom. The Kier molecular flexibility index (Phi) is 3.61. The van der Waals surface area contributed by atoms with Crippen LogP contribution in [0.1, 0.15) is 24.8 Å². The van der Waals surface area contributed by atoms with Gasteiger partial charge in [0.1, 0.15) is 5.82 Å². The van der Waals surface area contributed by atoms with E-state index < -0.39 is 0 Å². The number of likely N-dealkylation sites (tertiary alicyclic amines) is 1. The van der Waals surface area contributed by atoms with Gasteiger partial charge >= 0.3 is 0 Å². The van der Waals surface area contributed by atoms with Crippen molar-refractivity contribution in [1.82, 2.24) is 10.2 Å². The van der Waals surface area contributed by atoms with Gasteiger partial charge in [0, 0.05) is 43.3 Å². The van der Waals surface area contributed by atoms with E-state index >= 15 is 0 Å². The van der Waals surface area contributed by atoms with Crippen molar-refractivity contribution in [3.05, 3.63) is 29.6 Å². The highest BCUT2D eigenvalue weighted by molar-refractivity contribution is 5.77. The second-order valence-electron chi connectivity index (χ2n) is 5.85. The molecule has 1 aromatic rings. The van der Waals surface area contributed by atoms with Gasteiger partial charge in [-0.2, -0.15) is 0 Å². The topological polar surface area (TPSA) is 58.4 Å². The molecule has 2 atom stereocenters. The lowest BCUT2D eigenvalue weighted by molar-refractivity contribution is -0.125. The molecule has 0 bridgehead atoms. The number of rotatable bonds is 2. The van der Waals surface area contributed by atoms with Gasteiger partial charge in [0.2, 0.25) is 5.91 Å². The molecule has 0 aromatic heterocycles. The van der Waals surface area contributed by atoms with Crippen molar-refractivity contribution in [1.29, 1.82) is 0 Å². The molecule has 3 rings (SSSR count). The minimum atomic E-state index is -0.232. The molecule has 0 radical (unpaired) electrons. The van der Waals surface area contributed by atoms with Crippen molar-refractivity contribution >= 4 is 11.6 Å². The minimum Gasteiger partial charge on any atom is -0.399 e. The number of piperidine rings is 2. The lowest BCUT2D eigenvalue weighted by Crippen LogP contribution is -2.53. The van der Waals surface area contributed by atoms with E-state index in [0.717, 1.165) is 25.9 Å². The van der Waals surface area contributed by atoms with Crippen LogP contribution < -0.4 is 11.1 Å². The molecular formula is C15H20FN3O. The Bertz CT molecular complexity index is 520. The third-order valence-electron chi connectivity index (χ3n) is 4.38. The molecule has 0 spiro atoms. The largest absolute Gasteiger partial charge is 0.399 e. The molecule has 3 N–H and O–H groups in total. The molecule has 1 amide bonds. The smallest absolute Gasteiger partial charge is 0.220 e. The van der Waals surface area contributed by atoms with E-state index in [4.69, 9.17) is 5.73 Å². The Balaban J connectivity index is 1.63. The van der Waals surface area contributed by atoms with Crippen LogP contribution in [0.2, 0.25) is 0 Å². The summed E-state index contributed by atoms with van der Waals surface area (Å²) in [6.07, 6.45) is 2.51. The molecule has 20 heavy (non-hydrogen) atoms. The SMILES string of the molecule is Nc1ccc(CN2CCC3NC(=O)CCC3C2)c(F)c1. The maximum absolute atomic E-state index is 13.8. The average Bonchev–Trinajstić information content (AvgIpc) is 2.42. The van der Waals surface area contributed by atoms with Gasteiger partial charge in [-0.3, -0.25) is 9.69 Å². The highest BCUT2D eigenvalue weighted by atomic mass is 19.1. The second kappa shape index (κ2) is 5.40. The van der Waals surface area contributed by atoms with Crippen molar-refractivity contribution in [2.24, 2.45) is 5.92 Å². The molecule has 108 valence electrons. The van der Waals surface area contributed by atoms with Gasteiger partial charge < -0.3 is 11.1 Å². The van der Waals surface area contributed by atoms with Crippen LogP contribution >= 0.6 is 0 Å². The van der Waals surface area contributed by atoms with E-state index in [1.54, 1.807) is 12.1 Å². The first-order valence-corrected chi connectivity index (χ1v) is 7.17. The van der Waals surface area contributed by atoms with E-state index in [-0.39, 0.29) is 11.7 Å². The number of carbonyl (C=O) groups is 1. The third kappa shape index (κ3) is 2.77. The lowest BCUT2D eigenvalue weighted by Gasteiger charge is -2.41. The van der Waals surface area contributed by atoms with Gasteiger partial charge in [-0.15, -0.1) is 0 Å². The Morgan fingerprint density at radius 2 is 2.25 bits per heavy atom. The summed E-state index contributed by atoms with van der Waals surface area (Å²) < 4.78 is 13.8. The highest BCUT2D eigenvalue weighted by Crippen LogP contribution is 2.26. The summed E-state index contributed by atoms with van der Waals surface area (Å²) in [6, 6.07) is 5.19. The summed E-state index contributed by atoms with van der Waals surface area (Å²) in [5.41, 5.74) is 6.72. The number of anilines is 1. The van der Waals surface area contributed by atoms with E-state index in [1.807, 2.05) is 0 Å². The average molecular weight is 277 g/mol. The van der Waals surface area contributed by atoms with E-state index in [1.165, 1.54) is 6.07 Å². The molecular weight excluding hydrogens is 257 g/mol. The molecule has 2 aliphatic heterocycles. The number of hydrogen-bond acceptors (Lipinski definition) is 3. The quantitative estimate of drug-likeness (QED) is 0.806. The molecule has 2 unspecified atom stereocenters. The predicted molar refractivity (Wildman–Crippen MR) is 75.4 cm³/mol. The summed E-state index contributed by atoms with van der Waals surface area (Å²) >= 11 is 0. The fourth-order valence-electron chi connectivity index (χ4n) is 3.26. The van der Waals surface area contributed by atoms with Crippen LogP contribution in [0.15, 0.2) is 18.2 Å². The van der Waals surface area contributed by atoms with Crippen molar-refractivity contribution in [2.45, 2.75) is 31.8 Å². The molecule has 0 aliphatic carbocycles. The Labute approximate surface area is 118 Å². The Morgan fingerprint density at radius 1 is 1.40 bits per heavy atom. The van der Waals surface area contributed by atoms with Gasteiger partial charge in [-0.1, -0.05) is 6.07 Å². The summed E-state index contributed by atoms with van der Waals surface area (Å²) in [7, 11) is 0. The van der Waals surface area contributed by atoms with E-state index in [0.29, 0.717) is 36.2 Å². The molecule has 0 saturated carbocycles. The van der Waals surface area contributed by atoms with Crippen LogP contribution in [0.4, 0.5) is 10.1 Å². The third-order valence-corrected chi connectivity index (χ3v) is 4.38. The van der Waals surface area contributed by atoms with Crippen LogP contribution in [0.25, 0.3) is 0 Å². The number of hydrogen-bond donors (Lipinski definition) is 2. The summed E-state index contributed by atoms with van der Waals surface area (Å²) in [5, 5.41) is 3.07. The number of fused-ring (bicyclic) bond motifs is 1. The fraction of sp³-hybridized carbons (Fsp3) is 0.533. The van der Waals surface area contributed by atoms with Crippen LogP contribution in [0.3, 0.4) is 0 Å². The fourth-order valence-corrected chi connectivity index (χ4v) is 3.26. The van der Waals surface area contributed by atoms with Crippen molar-refractivity contribution in [3.8, 4) is 0 Å². The number of halogens is 1. The summed E-state index contributed by atoms with van der Waals surface area (Å²) in [5.74, 6) is 0.437.